The van der Waals surface area contributed by atoms with Crippen LogP contribution in [0.5, 0.6) is 0 Å². The second-order valence-corrected chi connectivity index (χ2v) is 5.82. The summed E-state index contributed by atoms with van der Waals surface area (Å²) in [5.41, 5.74) is 1.19. The van der Waals surface area contributed by atoms with Crippen molar-refractivity contribution in [1.82, 2.24) is 10.2 Å². The van der Waals surface area contributed by atoms with E-state index >= 15 is 0 Å². The molecule has 21 heavy (non-hydrogen) atoms. The van der Waals surface area contributed by atoms with Crippen LogP contribution in [0, 0.1) is 18.8 Å². The van der Waals surface area contributed by atoms with Crippen LogP contribution < -0.4 is 4.72 Å². The third-order valence-corrected chi connectivity index (χ3v) is 3.95. The minimum atomic E-state index is -3.83. The number of hydrogen-bond acceptors (Lipinski definition) is 5. The van der Waals surface area contributed by atoms with E-state index in [1.807, 2.05) is 6.92 Å². The van der Waals surface area contributed by atoms with Crippen LogP contribution in [0.1, 0.15) is 11.1 Å². The second kappa shape index (κ2) is 6.35. The van der Waals surface area contributed by atoms with Crippen molar-refractivity contribution in [3.8, 4) is 11.8 Å². The molecule has 0 radical (unpaired) electrons. The van der Waals surface area contributed by atoms with Crippen LogP contribution in [0.15, 0.2) is 41.4 Å². The van der Waals surface area contributed by atoms with Crippen molar-refractivity contribution in [2.75, 3.05) is 11.3 Å². The Morgan fingerprint density at radius 2 is 2.14 bits per heavy atom. The summed E-state index contributed by atoms with van der Waals surface area (Å²) in [6.45, 7) is 1.49. The SMILES string of the molecule is Cc1ccc(S(=O)(=O)Nc2cccnn2)c(C#CCO)c1. The van der Waals surface area contributed by atoms with E-state index in [0.29, 0.717) is 5.56 Å². The predicted octanol–water partition coefficient (Wildman–Crippen LogP) is 0.930. The van der Waals surface area contributed by atoms with Gasteiger partial charge in [0.1, 0.15) is 11.5 Å². The standard InChI is InChI=1S/C14H13N3O3S/c1-11-6-7-13(12(10-11)4-3-9-18)21(19,20)17-14-5-2-8-15-16-14/h2,5-8,10,18H,9H2,1H3,(H,16,17). The zero-order valence-electron chi connectivity index (χ0n) is 11.2. The Bertz CT molecular complexity index is 793. The molecule has 0 saturated heterocycles. The van der Waals surface area contributed by atoms with E-state index in [0.717, 1.165) is 5.56 Å². The van der Waals surface area contributed by atoms with Gasteiger partial charge in [-0.1, -0.05) is 17.9 Å². The lowest BCUT2D eigenvalue weighted by atomic mass is 10.1. The summed E-state index contributed by atoms with van der Waals surface area (Å²) < 4.78 is 27.1. The summed E-state index contributed by atoms with van der Waals surface area (Å²) in [4.78, 5) is 0.0275. The van der Waals surface area contributed by atoms with Gasteiger partial charge in [-0.3, -0.25) is 4.72 Å². The number of aromatic nitrogens is 2. The Hall–Kier alpha value is -2.43. The molecule has 108 valence electrons. The lowest BCUT2D eigenvalue weighted by Crippen LogP contribution is -2.15. The number of hydrogen-bond donors (Lipinski definition) is 2. The molecule has 0 amide bonds. The van der Waals surface area contributed by atoms with Gasteiger partial charge in [-0.05, 0) is 36.8 Å². The summed E-state index contributed by atoms with van der Waals surface area (Å²) in [6.07, 6.45) is 1.45. The molecule has 0 aliphatic carbocycles. The van der Waals surface area contributed by atoms with Gasteiger partial charge in [0.2, 0.25) is 0 Å². The highest BCUT2D eigenvalue weighted by Gasteiger charge is 2.18. The smallest absolute Gasteiger partial charge is 0.264 e. The molecule has 0 spiro atoms. The number of rotatable bonds is 3. The van der Waals surface area contributed by atoms with E-state index in [1.54, 1.807) is 18.2 Å². The monoisotopic (exact) mass is 303 g/mol. The third kappa shape index (κ3) is 3.78. The molecule has 1 aromatic heterocycles. The topological polar surface area (TPSA) is 92.2 Å². The van der Waals surface area contributed by atoms with Crippen molar-refractivity contribution >= 4 is 15.8 Å². The molecule has 6 nitrogen and oxygen atoms in total. The molecular formula is C14H13N3O3S. The Labute approximate surface area is 122 Å². The van der Waals surface area contributed by atoms with Gasteiger partial charge in [0.25, 0.3) is 10.0 Å². The average molecular weight is 303 g/mol. The van der Waals surface area contributed by atoms with Crippen LogP contribution in [-0.2, 0) is 10.0 Å². The van der Waals surface area contributed by atoms with Gasteiger partial charge in [0.05, 0.1) is 0 Å². The fraction of sp³-hybridized carbons (Fsp3) is 0.143. The first-order valence-corrected chi connectivity index (χ1v) is 7.52. The van der Waals surface area contributed by atoms with Gasteiger partial charge in [0.15, 0.2) is 5.82 Å². The number of anilines is 1. The number of sulfonamides is 1. The third-order valence-electron chi connectivity index (χ3n) is 2.54. The van der Waals surface area contributed by atoms with Crippen molar-refractivity contribution in [2.45, 2.75) is 11.8 Å². The van der Waals surface area contributed by atoms with E-state index in [4.69, 9.17) is 5.11 Å². The minimum absolute atomic E-state index is 0.0275. The first-order valence-electron chi connectivity index (χ1n) is 6.04. The first-order chi connectivity index (χ1) is 10.0. The van der Waals surface area contributed by atoms with Crippen molar-refractivity contribution in [3.63, 3.8) is 0 Å². The molecule has 2 aromatic rings. The zero-order valence-corrected chi connectivity index (χ0v) is 12.1. The highest BCUT2D eigenvalue weighted by Crippen LogP contribution is 2.19. The molecule has 0 aliphatic heterocycles. The Kier molecular flexibility index (Phi) is 4.52. The Morgan fingerprint density at radius 3 is 2.81 bits per heavy atom. The largest absolute Gasteiger partial charge is 0.384 e. The molecular weight excluding hydrogens is 290 g/mol. The second-order valence-electron chi connectivity index (χ2n) is 4.17. The van der Waals surface area contributed by atoms with Gasteiger partial charge in [-0.15, -0.1) is 5.10 Å². The van der Waals surface area contributed by atoms with E-state index in [9.17, 15) is 8.42 Å². The number of nitrogens with one attached hydrogen (secondary N) is 1. The molecule has 1 heterocycles. The van der Waals surface area contributed by atoms with Crippen LogP contribution in [0.4, 0.5) is 5.82 Å². The Morgan fingerprint density at radius 1 is 1.33 bits per heavy atom. The molecule has 0 unspecified atom stereocenters. The number of nitrogens with zero attached hydrogens (tertiary/aromatic N) is 2. The van der Waals surface area contributed by atoms with Crippen molar-refractivity contribution in [3.05, 3.63) is 47.7 Å². The maximum atomic E-state index is 12.4. The maximum absolute atomic E-state index is 12.4. The van der Waals surface area contributed by atoms with Crippen LogP contribution in [0.25, 0.3) is 0 Å². The summed E-state index contributed by atoms with van der Waals surface area (Å²) in [5.74, 6) is 5.22. The highest BCUT2D eigenvalue weighted by atomic mass is 32.2. The van der Waals surface area contributed by atoms with Crippen molar-refractivity contribution < 1.29 is 13.5 Å². The average Bonchev–Trinajstić information content (AvgIpc) is 2.45. The first kappa shape index (κ1) is 15.0. The number of benzene rings is 1. The predicted molar refractivity (Wildman–Crippen MR) is 78.0 cm³/mol. The summed E-state index contributed by atoms with van der Waals surface area (Å²) in [5, 5.41) is 16.1. The number of aliphatic hydroxyl groups is 1. The van der Waals surface area contributed by atoms with Gasteiger partial charge in [-0.25, -0.2) is 8.42 Å². The molecule has 7 heteroatoms. The van der Waals surface area contributed by atoms with Gasteiger partial charge in [0, 0.05) is 11.8 Å². The molecule has 2 rings (SSSR count). The fourth-order valence-electron chi connectivity index (χ4n) is 1.66. The van der Waals surface area contributed by atoms with E-state index < -0.39 is 10.0 Å². The normalized spacial score (nSPS) is 10.6. The molecule has 0 fully saturated rings. The molecule has 2 N–H and O–H groups in total. The quantitative estimate of drug-likeness (QED) is 0.823. The molecule has 1 aromatic carbocycles. The summed E-state index contributed by atoms with van der Waals surface area (Å²) in [7, 11) is -3.83. The summed E-state index contributed by atoms with van der Waals surface area (Å²) >= 11 is 0. The molecule has 0 bridgehead atoms. The van der Waals surface area contributed by atoms with E-state index in [2.05, 4.69) is 26.8 Å². The van der Waals surface area contributed by atoms with E-state index in [1.165, 1.54) is 18.3 Å². The van der Waals surface area contributed by atoms with Crippen molar-refractivity contribution in [1.29, 1.82) is 0 Å². The number of aryl methyl sites for hydroxylation is 1. The highest BCUT2D eigenvalue weighted by molar-refractivity contribution is 7.92. The lowest BCUT2D eigenvalue weighted by molar-refractivity contribution is 0.350. The molecule has 0 saturated carbocycles. The lowest BCUT2D eigenvalue weighted by Gasteiger charge is -2.09. The summed E-state index contributed by atoms with van der Waals surface area (Å²) in [6, 6.07) is 7.86. The maximum Gasteiger partial charge on any atom is 0.264 e. The molecule has 0 aliphatic rings. The minimum Gasteiger partial charge on any atom is -0.384 e. The molecule has 0 atom stereocenters. The van der Waals surface area contributed by atoms with Gasteiger partial charge in [-0.2, -0.15) is 5.10 Å². The van der Waals surface area contributed by atoms with Gasteiger partial charge >= 0.3 is 0 Å². The van der Waals surface area contributed by atoms with E-state index in [-0.39, 0.29) is 17.3 Å². The zero-order chi connectivity index (χ0) is 15.3. The van der Waals surface area contributed by atoms with Crippen LogP contribution in [0.3, 0.4) is 0 Å². The van der Waals surface area contributed by atoms with Crippen LogP contribution in [-0.4, -0.2) is 30.3 Å². The van der Waals surface area contributed by atoms with Crippen LogP contribution in [0.2, 0.25) is 0 Å². The Balaban J connectivity index is 2.45. The van der Waals surface area contributed by atoms with Crippen molar-refractivity contribution in [2.24, 2.45) is 0 Å². The van der Waals surface area contributed by atoms with Gasteiger partial charge < -0.3 is 5.11 Å². The van der Waals surface area contributed by atoms with Crippen LogP contribution >= 0.6 is 0 Å². The fourth-order valence-corrected chi connectivity index (χ4v) is 2.80. The number of aliphatic hydroxyl groups excluding tert-OH is 1.